The first-order chi connectivity index (χ1) is 7.59. The van der Waals surface area contributed by atoms with E-state index in [9.17, 15) is 4.79 Å². The van der Waals surface area contributed by atoms with E-state index in [0.29, 0.717) is 17.7 Å². The lowest BCUT2D eigenvalue weighted by molar-refractivity contribution is 0.0721. The molecule has 0 unspecified atom stereocenters. The number of carbonyl (C=O) groups is 1. The van der Waals surface area contributed by atoms with Gasteiger partial charge in [-0.1, -0.05) is 0 Å². The summed E-state index contributed by atoms with van der Waals surface area (Å²) >= 11 is 0. The summed E-state index contributed by atoms with van der Waals surface area (Å²) in [5.74, 6) is 0.638. The van der Waals surface area contributed by atoms with Crippen molar-refractivity contribution < 1.29 is 4.79 Å². The highest BCUT2D eigenvalue weighted by atomic mass is 16.2. The molecule has 1 heterocycles. The molecule has 1 atom stereocenters. The SMILES string of the molecule is Cc1cnc(C(=O)N(C)[C@@H](C)C2CC2)cn1. The molecule has 1 aromatic heterocycles. The molecule has 1 aromatic rings. The van der Waals surface area contributed by atoms with E-state index in [0.717, 1.165) is 5.69 Å². The third-order valence-corrected chi connectivity index (χ3v) is 3.24. The van der Waals surface area contributed by atoms with Crippen LogP contribution in [0.1, 0.15) is 35.9 Å². The lowest BCUT2D eigenvalue weighted by atomic mass is 10.2. The molecule has 1 amide bonds. The molecule has 1 aliphatic carbocycles. The average molecular weight is 219 g/mol. The van der Waals surface area contributed by atoms with Crippen LogP contribution in [0.5, 0.6) is 0 Å². The van der Waals surface area contributed by atoms with Gasteiger partial charge in [0.1, 0.15) is 5.69 Å². The van der Waals surface area contributed by atoms with Crippen molar-refractivity contribution in [2.45, 2.75) is 32.7 Å². The Hall–Kier alpha value is -1.45. The van der Waals surface area contributed by atoms with E-state index in [4.69, 9.17) is 0 Å². The summed E-state index contributed by atoms with van der Waals surface area (Å²) < 4.78 is 0. The smallest absolute Gasteiger partial charge is 0.274 e. The largest absolute Gasteiger partial charge is 0.337 e. The van der Waals surface area contributed by atoms with Gasteiger partial charge in [-0.2, -0.15) is 0 Å². The van der Waals surface area contributed by atoms with Crippen LogP contribution in [0.4, 0.5) is 0 Å². The highest BCUT2D eigenvalue weighted by Gasteiger charge is 2.33. The van der Waals surface area contributed by atoms with Crippen LogP contribution in [0.2, 0.25) is 0 Å². The summed E-state index contributed by atoms with van der Waals surface area (Å²) in [6.07, 6.45) is 5.65. The Morgan fingerprint density at radius 1 is 1.44 bits per heavy atom. The first-order valence-corrected chi connectivity index (χ1v) is 5.65. The Balaban J connectivity index is 2.08. The lowest BCUT2D eigenvalue weighted by Crippen LogP contribution is -2.36. The molecule has 0 N–H and O–H groups in total. The second kappa shape index (κ2) is 4.20. The first-order valence-electron chi connectivity index (χ1n) is 5.65. The normalized spacial score (nSPS) is 16.9. The fourth-order valence-electron chi connectivity index (χ4n) is 1.76. The minimum atomic E-state index is -0.0353. The van der Waals surface area contributed by atoms with Crippen molar-refractivity contribution in [1.29, 1.82) is 0 Å². The maximum atomic E-state index is 12.1. The van der Waals surface area contributed by atoms with Gasteiger partial charge in [0, 0.05) is 19.3 Å². The molecule has 0 aliphatic heterocycles. The van der Waals surface area contributed by atoms with E-state index >= 15 is 0 Å². The zero-order chi connectivity index (χ0) is 11.7. The van der Waals surface area contributed by atoms with E-state index in [1.54, 1.807) is 17.3 Å². The summed E-state index contributed by atoms with van der Waals surface area (Å²) in [5.41, 5.74) is 1.26. The maximum absolute atomic E-state index is 12.1. The lowest BCUT2D eigenvalue weighted by Gasteiger charge is -2.24. The number of amides is 1. The molecule has 0 spiro atoms. The van der Waals surface area contributed by atoms with Crippen molar-refractivity contribution in [1.82, 2.24) is 14.9 Å². The maximum Gasteiger partial charge on any atom is 0.274 e. The summed E-state index contributed by atoms with van der Waals surface area (Å²) in [6, 6.07) is 0.301. The predicted molar refractivity (Wildman–Crippen MR) is 61.0 cm³/mol. The van der Waals surface area contributed by atoms with E-state index in [1.165, 1.54) is 12.8 Å². The molecule has 1 fully saturated rings. The van der Waals surface area contributed by atoms with Crippen LogP contribution < -0.4 is 0 Å². The number of rotatable bonds is 3. The average Bonchev–Trinajstić information content (AvgIpc) is 3.11. The van der Waals surface area contributed by atoms with Gasteiger partial charge in [0.25, 0.3) is 5.91 Å². The zero-order valence-corrected chi connectivity index (χ0v) is 9.97. The predicted octanol–water partition coefficient (Wildman–Crippen LogP) is 1.66. The Morgan fingerprint density at radius 3 is 2.62 bits per heavy atom. The molecule has 0 aromatic carbocycles. The van der Waals surface area contributed by atoms with E-state index in [2.05, 4.69) is 16.9 Å². The Bertz CT molecular complexity index is 384. The van der Waals surface area contributed by atoms with Gasteiger partial charge in [-0.25, -0.2) is 4.98 Å². The molecule has 16 heavy (non-hydrogen) atoms. The van der Waals surface area contributed by atoms with Gasteiger partial charge in [0.15, 0.2) is 0 Å². The van der Waals surface area contributed by atoms with Crippen LogP contribution >= 0.6 is 0 Å². The number of nitrogens with zero attached hydrogens (tertiary/aromatic N) is 3. The standard InChI is InChI=1S/C12H17N3O/c1-8-6-14-11(7-13-8)12(16)15(3)9(2)10-4-5-10/h6-7,9-10H,4-5H2,1-3H3/t9-/m0/s1. The van der Waals surface area contributed by atoms with Crippen LogP contribution in [0.25, 0.3) is 0 Å². The van der Waals surface area contributed by atoms with Gasteiger partial charge in [-0.3, -0.25) is 9.78 Å². The number of carbonyl (C=O) groups excluding carboxylic acids is 1. The number of aromatic nitrogens is 2. The molecule has 4 nitrogen and oxygen atoms in total. The molecule has 86 valence electrons. The Kier molecular flexibility index (Phi) is 2.90. The van der Waals surface area contributed by atoms with Crippen LogP contribution in [-0.4, -0.2) is 33.9 Å². The summed E-state index contributed by atoms with van der Waals surface area (Å²) in [4.78, 5) is 22.0. The van der Waals surface area contributed by atoms with Crippen molar-refractivity contribution in [3.8, 4) is 0 Å². The fourth-order valence-corrected chi connectivity index (χ4v) is 1.76. The number of hydrogen-bond donors (Lipinski definition) is 0. The Morgan fingerprint density at radius 2 is 2.12 bits per heavy atom. The van der Waals surface area contributed by atoms with Gasteiger partial charge in [0.2, 0.25) is 0 Å². The fraction of sp³-hybridized carbons (Fsp3) is 0.583. The topological polar surface area (TPSA) is 46.1 Å². The van der Waals surface area contributed by atoms with Gasteiger partial charge in [-0.15, -0.1) is 0 Å². The van der Waals surface area contributed by atoms with Gasteiger partial charge >= 0.3 is 0 Å². The molecule has 0 radical (unpaired) electrons. The third kappa shape index (κ3) is 2.21. The van der Waals surface area contributed by atoms with E-state index in [-0.39, 0.29) is 5.91 Å². The number of aryl methyl sites for hydroxylation is 1. The molecule has 1 aliphatic rings. The van der Waals surface area contributed by atoms with Crippen molar-refractivity contribution in [2.75, 3.05) is 7.05 Å². The van der Waals surface area contributed by atoms with Crippen LogP contribution in [0.3, 0.4) is 0 Å². The number of hydrogen-bond acceptors (Lipinski definition) is 3. The van der Waals surface area contributed by atoms with Gasteiger partial charge in [-0.05, 0) is 32.6 Å². The second-order valence-electron chi connectivity index (χ2n) is 4.54. The van der Waals surface area contributed by atoms with Crippen LogP contribution in [0.15, 0.2) is 12.4 Å². The quantitative estimate of drug-likeness (QED) is 0.776. The monoisotopic (exact) mass is 219 g/mol. The van der Waals surface area contributed by atoms with E-state index < -0.39 is 0 Å². The highest BCUT2D eigenvalue weighted by Crippen LogP contribution is 2.34. The van der Waals surface area contributed by atoms with Gasteiger partial charge < -0.3 is 4.90 Å². The first kappa shape index (κ1) is 11.0. The molecular weight excluding hydrogens is 202 g/mol. The van der Waals surface area contributed by atoms with Crippen molar-refractivity contribution in [3.05, 3.63) is 23.8 Å². The highest BCUT2D eigenvalue weighted by molar-refractivity contribution is 5.92. The van der Waals surface area contributed by atoms with Crippen molar-refractivity contribution in [3.63, 3.8) is 0 Å². The minimum Gasteiger partial charge on any atom is -0.337 e. The molecular formula is C12H17N3O. The van der Waals surface area contributed by atoms with Crippen LogP contribution in [-0.2, 0) is 0 Å². The molecule has 2 rings (SSSR count). The second-order valence-corrected chi connectivity index (χ2v) is 4.54. The summed E-state index contributed by atoms with van der Waals surface area (Å²) in [6.45, 7) is 3.95. The van der Waals surface area contributed by atoms with Crippen LogP contribution in [0, 0.1) is 12.8 Å². The third-order valence-electron chi connectivity index (χ3n) is 3.24. The molecule has 1 saturated carbocycles. The summed E-state index contributed by atoms with van der Waals surface area (Å²) in [5, 5.41) is 0. The molecule has 4 heteroatoms. The summed E-state index contributed by atoms with van der Waals surface area (Å²) in [7, 11) is 1.84. The van der Waals surface area contributed by atoms with E-state index in [1.807, 2.05) is 14.0 Å². The van der Waals surface area contributed by atoms with Crippen molar-refractivity contribution >= 4 is 5.91 Å². The van der Waals surface area contributed by atoms with Gasteiger partial charge in [0.05, 0.1) is 11.9 Å². The van der Waals surface area contributed by atoms with Crippen molar-refractivity contribution in [2.24, 2.45) is 5.92 Å². The molecule has 0 saturated heterocycles. The molecule has 0 bridgehead atoms. The minimum absolute atomic E-state index is 0.0353. The zero-order valence-electron chi connectivity index (χ0n) is 9.97. The Labute approximate surface area is 95.7 Å².